The highest BCUT2D eigenvalue weighted by Gasteiger charge is 2.13. The molecule has 0 fully saturated rings. The number of aryl methyl sites for hydroxylation is 1. The van der Waals surface area contributed by atoms with Crippen LogP contribution in [0.5, 0.6) is 11.5 Å². The predicted molar refractivity (Wildman–Crippen MR) is 86.0 cm³/mol. The first-order valence-corrected chi connectivity index (χ1v) is 7.43. The minimum absolute atomic E-state index is 0.272. The second kappa shape index (κ2) is 6.09. The van der Waals surface area contributed by atoms with E-state index in [0.717, 1.165) is 41.1 Å². The summed E-state index contributed by atoms with van der Waals surface area (Å²) in [4.78, 5) is 8.84. The number of anilines is 3. The van der Waals surface area contributed by atoms with Gasteiger partial charge in [0.05, 0.1) is 0 Å². The zero-order valence-electron chi connectivity index (χ0n) is 13.0. The van der Waals surface area contributed by atoms with Crippen LogP contribution in [0.15, 0.2) is 24.3 Å². The van der Waals surface area contributed by atoms with E-state index in [4.69, 9.17) is 9.47 Å². The SMILES string of the molecule is CCC(C)Nc1cc(Nc2ccc3c(c2)OCO3)nc(C)n1. The van der Waals surface area contributed by atoms with Gasteiger partial charge in [0.25, 0.3) is 0 Å². The van der Waals surface area contributed by atoms with Crippen molar-refractivity contribution in [3.05, 3.63) is 30.1 Å². The van der Waals surface area contributed by atoms with Gasteiger partial charge in [-0.25, -0.2) is 9.97 Å². The molecule has 0 aliphatic carbocycles. The minimum Gasteiger partial charge on any atom is -0.454 e. The first-order valence-electron chi connectivity index (χ1n) is 7.43. The molecule has 22 heavy (non-hydrogen) atoms. The molecule has 2 heterocycles. The van der Waals surface area contributed by atoms with Crippen molar-refractivity contribution in [1.82, 2.24) is 9.97 Å². The van der Waals surface area contributed by atoms with Crippen molar-refractivity contribution in [3.63, 3.8) is 0 Å². The van der Waals surface area contributed by atoms with Crippen molar-refractivity contribution in [2.45, 2.75) is 33.2 Å². The molecule has 1 aliphatic rings. The summed E-state index contributed by atoms with van der Waals surface area (Å²) in [5.74, 6) is 3.80. The lowest BCUT2D eigenvalue weighted by atomic mass is 10.2. The summed E-state index contributed by atoms with van der Waals surface area (Å²) < 4.78 is 10.7. The monoisotopic (exact) mass is 300 g/mol. The molecular weight excluding hydrogens is 280 g/mol. The van der Waals surface area contributed by atoms with Gasteiger partial charge in [-0.3, -0.25) is 0 Å². The lowest BCUT2D eigenvalue weighted by Crippen LogP contribution is -2.15. The molecule has 1 aromatic carbocycles. The first kappa shape index (κ1) is 14.4. The number of hydrogen-bond acceptors (Lipinski definition) is 6. The molecule has 0 saturated heterocycles. The maximum Gasteiger partial charge on any atom is 0.231 e. The van der Waals surface area contributed by atoms with E-state index in [9.17, 15) is 0 Å². The van der Waals surface area contributed by atoms with Gasteiger partial charge < -0.3 is 20.1 Å². The van der Waals surface area contributed by atoms with Crippen LogP contribution in [0.2, 0.25) is 0 Å². The van der Waals surface area contributed by atoms with Crippen LogP contribution in [0.25, 0.3) is 0 Å². The zero-order valence-corrected chi connectivity index (χ0v) is 13.0. The molecule has 6 nitrogen and oxygen atoms in total. The predicted octanol–water partition coefficient (Wildman–Crippen LogP) is 3.47. The van der Waals surface area contributed by atoms with Gasteiger partial charge in [0.1, 0.15) is 17.5 Å². The van der Waals surface area contributed by atoms with Crippen molar-refractivity contribution in [1.29, 1.82) is 0 Å². The number of rotatable bonds is 5. The molecule has 1 atom stereocenters. The van der Waals surface area contributed by atoms with Crippen LogP contribution < -0.4 is 20.1 Å². The van der Waals surface area contributed by atoms with Crippen LogP contribution in [0.4, 0.5) is 17.3 Å². The van der Waals surface area contributed by atoms with Crippen molar-refractivity contribution in [2.75, 3.05) is 17.4 Å². The summed E-state index contributed by atoms with van der Waals surface area (Å²) >= 11 is 0. The summed E-state index contributed by atoms with van der Waals surface area (Å²) in [6.45, 7) is 6.42. The third-order valence-electron chi connectivity index (χ3n) is 3.49. The number of ether oxygens (including phenoxy) is 2. The van der Waals surface area contributed by atoms with Crippen LogP contribution in [-0.2, 0) is 0 Å². The summed E-state index contributed by atoms with van der Waals surface area (Å²) in [6, 6.07) is 8.00. The standard InChI is InChI=1S/C16H20N4O2/c1-4-10(2)17-15-8-16(19-11(3)18-15)20-12-5-6-13-14(7-12)22-9-21-13/h5-8,10H,4,9H2,1-3H3,(H2,17,18,19,20). The minimum atomic E-state index is 0.272. The highest BCUT2D eigenvalue weighted by molar-refractivity contribution is 5.63. The zero-order chi connectivity index (χ0) is 15.5. The number of nitrogens with zero attached hydrogens (tertiary/aromatic N) is 2. The van der Waals surface area contributed by atoms with E-state index < -0.39 is 0 Å². The molecule has 0 saturated carbocycles. The largest absolute Gasteiger partial charge is 0.454 e. The molecule has 1 aliphatic heterocycles. The van der Waals surface area contributed by atoms with Gasteiger partial charge in [-0.1, -0.05) is 6.92 Å². The van der Waals surface area contributed by atoms with E-state index in [1.54, 1.807) is 0 Å². The van der Waals surface area contributed by atoms with Crippen molar-refractivity contribution < 1.29 is 9.47 Å². The molecule has 116 valence electrons. The third kappa shape index (κ3) is 3.21. The van der Waals surface area contributed by atoms with Crippen molar-refractivity contribution in [2.24, 2.45) is 0 Å². The van der Waals surface area contributed by atoms with Gasteiger partial charge in [0.2, 0.25) is 6.79 Å². The molecule has 0 spiro atoms. The fourth-order valence-electron chi connectivity index (χ4n) is 2.18. The molecule has 6 heteroatoms. The number of nitrogens with one attached hydrogen (secondary N) is 2. The van der Waals surface area contributed by atoms with Gasteiger partial charge in [-0.05, 0) is 32.4 Å². The summed E-state index contributed by atoms with van der Waals surface area (Å²) in [5, 5.41) is 6.64. The van der Waals surface area contributed by atoms with Crippen LogP contribution >= 0.6 is 0 Å². The second-order valence-corrected chi connectivity index (χ2v) is 5.33. The number of benzene rings is 1. The van der Waals surface area contributed by atoms with Gasteiger partial charge in [-0.2, -0.15) is 0 Å². The van der Waals surface area contributed by atoms with Gasteiger partial charge >= 0.3 is 0 Å². The highest BCUT2D eigenvalue weighted by Crippen LogP contribution is 2.35. The summed E-state index contributed by atoms with van der Waals surface area (Å²) in [6.07, 6.45) is 1.04. The third-order valence-corrected chi connectivity index (χ3v) is 3.49. The topological polar surface area (TPSA) is 68.3 Å². The Morgan fingerprint density at radius 1 is 1.14 bits per heavy atom. The number of hydrogen-bond donors (Lipinski definition) is 2. The normalized spacial score (nSPS) is 13.8. The molecule has 2 aromatic rings. The van der Waals surface area contributed by atoms with Gasteiger partial charge in [-0.15, -0.1) is 0 Å². The molecule has 0 radical (unpaired) electrons. The quantitative estimate of drug-likeness (QED) is 0.881. The summed E-state index contributed by atoms with van der Waals surface area (Å²) in [7, 11) is 0. The number of fused-ring (bicyclic) bond motifs is 1. The lowest BCUT2D eigenvalue weighted by Gasteiger charge is -2.14. The molecule has 1 unspecified atom stereocenters. The summed E-state index contributed by atoms with van der Waals surface area (Å²) in [5.41, 5.74) is 0.900. The second-order valence-electron chi connectivity index (χ2n) is 5.33. The Hall–Kier alpha value is -2.50. The Morgan fingerprint density at radius 3 is 2.73 bits per heavy atom. The Kier molecular flexibility index (Phi) is 4.00. The van der Waals surface area contributed by atoms with E-state index in [-0.39, 0.29) is 6.79 Å². The number of aromatic nitrogens is 2. The first-order chi connectivity index (χ1) is 10.6. The average molecular weight is 300 g/mol. The van der Waals surface area contributed by atoms with E-state index in [0.29, 0.717) is 6.04 Å². The van der Waals surface area contributed by atoms with E-state index in [1.807, 2.05) is 31.2 Å². The highest BCUT2D eigenvalue weighted by atomic mass is 16.7. The van der Waals surface area contributed by atoms with Crippen LogP contribution in [0, 0.1) is 6.92 Å². The molecule has 2 N–H and O–H groups in total. The van der Waals surface area contributed by atoms with Crippen molar-refractivity contribution in [3.8, 4) is 11.5 Å². The Labute approximate surface area is 129 Å². The lowest BCUT2D eigenvalue weighted by molar-refractivity contribution is 0.174. The van der Waals surface area contributed by atoms with Crippen LogP contribution in [0.3, 0.4) is 0 Å². The maximum absolute atomic E-state index is 5.38. The maximum atomic E-state index is 5.38. The fourth-order valence-corrected chi connectivity index (χ4v) is 2.18. The Balaban J connectivity index is 1.79. The molecule has 3 rings (SSSR count). The molecule has 0 bridgehead atoms. The van der Waals surface area contributed by atoms with Crippen LogP contribution in [-0.4, -0.2) is 22.8 Å². The Morgan fingerprint density at radius 2 is 1.91 bits per heavy atom. The molecule has 1 aromatic heterocycles. The van der Waals surface area contributed by atoms with E-state index in [1.165, 1.54) is 0 Å². The van der Waals surface area contributed by atoms with E-state index >= 15 is 0 Å². The van der Waals surface area contributed by atoms with Crippen molar-refractivity contribution >= 4 is 17.3 Å². The van der Waals surface area contributed by atoms with Gasteiger partial charge in [0.15, 0.2) is 11.5 Å². The molecule has 0 amide bonds. The molecular formula is C16H20N4O2. The van der Waals surface area contributed by atoms with Gasteiger partial charge in [0, 0.05) is 23.9 Å². The Bertz CT molecular complexity index is 675. The fraction of sp³-hybridized carbons (Fsp3) is 0.375. The van der Waals surface area contributed by atoms with E-state index in [2.05, 4.69) is 34.4 Å². The smallest absolute Gasteiger partial charge is 0.231 e. The average Bonchev–Trinajstić information content (AvgIpc) is 2.94. The van der Waals surface area contributed by atoms with Crippen LogP contribution in [0.1, 0.15) is 26.1 Å².